The number of aliphatic hydroxyl groups is 1. The topological polar surface area (TPSA) is 86.8 Å². The Morgan fingerprint density at radius 2 is 2.11 bits per heavy atom. The van der Waals surface area contributed by atoms with Crippen molar-refractivity contribution in [3.63, 3.8) is 0 Å². The first-order chi connectivity index (χ1) is 8.49. The molecule has 1 aliphatic heterocycles. The number of carbonyl (C=O) groups is 1. The summed E-state index contributed by atoms with van der Waals surface area (Å²) in [6, 6.07) is 0. The molecule has 1 saturated heterocycles. The molecule has 0 aromatic rings. The van der Waals surface area contributed by atoms with Crippen molar-refractivity contribution in [2.24, 2.45) is 11.7 Å². The van der Waals surface area contributed by atoms with Crippen molar-refractivity contribution >= 4 is 5.97 Å². The van der Waals surface area contributed by atoms with Gasteiger partial charge in [-0.15, -0.1) is 0 Å². The highest BCUT2D eigenvalue weighted by atomic mass is 16.4. The van der Waals surface area contributed by atoms with Crippen LogP contribution in [-0.4, -0.2) is 52.4 Å². The standard InChI is InChI=1S/C13H24N2O3/c14-13(12(17)18)5-6-15(9-13)8-11(16)7-10-3-1-2-4-10/h10-11,16H,1-9,14H2,(H,17,18). The first-order valence-electron chi connectivity index (χ1n) is 6.92. The van der Waals surface area contributed by atoms with E-state index in [0.717, 1.165) is 6.42 Å². The lowest BCUT2D eigenvalue weighted by Crippen LogP contribution is -2.50. The Bertz CT molecular complexity index is 305. The number of nitrogens with zero attached hydrogens (tertiary/aromatic N) is 1. The maximum atomic E-state index is 11.0. The normalized spacial score (nSPS) is 31.9. The third kappa shape index (κ3) is 3.22. The average molecular weight is 256 g/mol. The minimum absolute atomic E-state index is 0.343. The second kappa shape index (κ2) is 5.55. The maximum Gasteiger partial charge on any atom is 0.325 e. The minimum atomic E-state index is -1.12. The Hall–Kier alpha value is -0.650. The molecule has 1 aliphatic carbocycles. The second-order valence-electron chi connectivity index (χ2n) is 5.99. The van der Waals surface area contributed by atoms with Gasteiger partial charge in [-0.2, -0.15) is 0 Å². The van der Waals surface area contributed by atoms with Gasteiger partial charge in [-0.1, -0.05) is 25.7 Å². The first-order valence-corrected chi connectivity index (χ1v) is 6.92. The van der Waals surface area contributed by atoms with Crippen LogP contribution in [0.4, 0.5) is 0 Å². The van der Waals surface area contributed by atoms with Crippen LogP contribution in [0.3, 0.4) is 0 Å². The molecule has 2 rings (SSSR count). The number of carboxylic acid groups (broad SMARTS) is 1. The molecular weight excluding hydrogens is 232 g/mol. The van der Waals surface area contributed by atoms with Crippen LogP contribution in [0.15, 0.2) is 0 Å². The summed E-state index contributed by atoms with van der Waals surface area (Å²) >= 11 is 0. The Balaban J connectivity index is 1.75. The molecule has 0 aromatic heterocycles. The van der Waals surface area contributed by atoms with Gasteiger partial charge in [0.25, 0.3) is 0 Å². The molecule has 1 heterocycles. The lowest BCUT2D eigenvalue weighted by molar-refractivity contribution is -0.142. The third-order valence-electron chi connectivity index (χ3n) is 4.35. The second-order valence-corrected chi connectivity index (χ2v) is 5.99. The lowest BCUT2D eigenvalue weighted by atomic mass is 9.99. The molecule has 1 saturated carbocycles. The highest BCUT2D eigenvalue weighted by Crippen LogP contribution is 2.29. The summed E-state index contributed by atoms with van der Waals surface area (Å²) < 4.78 is 0. The van der Waals surface area contributed by atoms with E-state index in [9.17, 15) is 9.90 Å². The summed E-state index contributed by atoms with van der Waals surface area (Å²) in [6.45, 7) is 1.58. The highest BCUT2D eigenvalue weighted by molar-refractivity contribution is 5.79. The van der Waals surface area contributed by atoms with E-state index >= 15 is 0 Å². The number of rotatable bonds is 5. The molecule has 5 nitrogen and oxygen atoms in total. The maximum absolute atomic E-state index is 11.0. The van der Waals surface area contributed by atoms with Gasteiger partial charge in [-0.3, -0.25) is 9.69 Å². The van der Waals surface area contributed by atoms with Crippen molar-refractivity contribution in [1.29, 1.82) is 0 Å². The van der Waals surface area contributed by atoms with E-state index in [-0.39, 0.29) is 6.10 Å². The van der Waals surface area contributed by atoms with Crippen molar-refractivity contribution < 1.29 is 15.0 Å². The number of likely N-dealkylation sites (tertiary alicyclic amines) is 1. The summed E-state index contributed by atoms with van der Waals surface area (Å²) in [5, 5.41) is 19.1. The number of nitrogens with two attached hydrogens (primary N) is 1. The average Bonchev–Trinajstić information content (AvgIpc) is 2.89. The minimum Gasteiger partial charge on any atom is -0.480 e. The molecule has 0 spiro atoms. The molecule has 18 heavy (non-hydrogen) atoms. The zero-order valence-electron chi connectivity index (χ0n) is 10.8. The fourth-order valence-electron chi connectivity index (χ4n) is 3.25. The molecule has 0 radical (unpaired) electrons. The zero-order chi connectivity index (χ0) is 13.2. The van der Waals surface area contributed by atoms with E-state index in [4.69, 9.17) is 10.8 Å². The smallest absolute Gasteiger partial charge is 0.325 e. The van der Waals surface area contributed by atoms with Crippen LogP contribution in [0.25, 0.3) is 0 Å². The van der Waals surface area contributed by atoms with E-state index in [1.807, 2.05) is 4.90 Å². The van der Waals surface area contributed by atoms with Crippen LogP contribution in [-0.2, 0) is 4.79 Å². The fourth-order valence-corrected chi connectivity index (χ4v) is 3.25. The van der Waals surface area contributed by atoms with Crippen LogP contribution in [0.2, 0.25) is 0 Å². The quantitative estimate of drug-likeness (QED) is 0.663. The number of β-amino-alcohol motifs (C(OH)–C–C–N with tert-alkyl or cyclic N) is 1. The molecule has 2 aliphatic rings. The van der Waals surface area contributed by atoms with E-state index in [1.54, 1.807) is 0 Å². The number of hydrogen-bond acceptors (Lipinski definition) is 4. The van der Waals surface area contributed by atoms with Crippen LogP contribution in [0, 0.1) is 5.92 Å². The SMILES string of the molecule is NC1(C(=O)O)CCN(CC(O)CC2CCCC2)C1. The van der Waals surface area contributed by atoms with Gasteiger partial charge in [0, 0.05) is 19.6 Å². The Kier molecular flexibility index (Phi) is 4.25. The molecule has 0 amide bonds. The molecule has 2 fully saturated rings. The van der Waals surface area contributed by atoms with E-state index in [2.05, 4.69) is 0 Å². The fraction of sp³-hybridized carbons (Fsp3) is 0.923. The zero-order valence-corrected chi connectivity index (χ0v) is 10.8. The van der Waals surface area contributed by atoms with Crippen molar-refractivity contribution in [3.8, 4) is 0 Å². The number of hydrogen-bond donors (Lipinski definition) is 3. The van der Waals surface area contributed by atoms with Crippen LogP contribution in [0.1, 0.15) is 38.5 Å². The Morgan fingerprint density at radius 1 is 1.44 bits per heavy atom. The van der Waals surface area contributed by atoms with Gasteiger partial charge in [0.1, 0.15) is 5.54 Å². The first kappa shape index (κ1) is 13.8. The summed E-state index contributed by atoms with van der Waals surface area (Å²) in [6.07, 6.45) is 6.00. The molecule has 2 atom stereocenters. The Morgan fingerprint density at radius 3 is 2.67 bits per heavy atom. The van der Waals surface area contributed by atoms with E-state index in [0.29, 0.717) is 32.0 Å². The molecule has 5 heteroatoms. The molecule has 4 N–H and O–H groups in total. The number of carboxylic acids is 1. The van der Waals surface area contributed by atoms with E-state index in [1.165, 1.54) is 25.7 Å². The van der Waals surface area contributed by atoms with Gasteiger partial charge in [0.05, 0.1) is 6.10 Å². The lowest BCUT2D eigenvalue weighted by Gasteiger charge is -2.23. The molecular formula is C13H24N2O3. The van der Waals surface area contributed by atoms with Crippen LogP contribution in [0.5, 0.6) is 0 Å². The number of aliphatic carboxylic acids is 1. The van der Waals surface area contributed by atoms with Crippen LogP contribution < -0.4 is 5.73 Å². The molecule has 2 unspecified atom stereocenters. The van der Waals surface area contributed by atoms with Crippen molar-refractivity contribution in [2.75, 3.05) is 19.6 Å². The third-order valence-corrected chi connectivity index (χ3v) is 4.35. The Labute approximate surface area is 108 Å². The van der Waals surface area contributed by atoms with Crippen molar-refractivity contribution in [2.45, 2.75) is 50.2 Å². The monoisotopic (exact) mass is 256 g/mol. The summed E-state index contributed by atoms with van der Waals surface area (Å²) in [5.41, 5.74) is 4.69. The molecule has 0 bridgehead atoms. The predicted octanol–water partition coefficient (Wildman–Crippen LogP) is 0.415. The largest absolute Gasteiger partial charge is 0.480 e. The van der Waals surface area contributed by atoms with Gasteiger partial charge in [0.15, 0.2) is 0 Å². The predicted molar refractivity (Wildman–Crippen MR) is 68.2 cm³/mol. The van der Waals surface area contributed by atoms with Crippen LogP contribution >= 0.6 is 0 Å². The van der Waals surface area contributed by atoms with Gasteiger partial charge in [-0.25, -0.2) is 0 Å². The van der Waals surface area contributed by atoms with E-state index < -0.39 is 11.5 Å². The number of aliphatic hydroxyl groups excluding tert-OH is 1. The van der Waals surface area contributed by atoms with Gasteiger partial charge in [-0.05, 0) is 18.8 Å². The van der Waals surface area contributed by atoms with Crippen molar-refractivity contribution in [3.05, 3.63) is 0 Å². The van der Waals surface area contributed by atoms with Gasteiger partial charge >= 0.3 is 5.97 Å². The van der Waals surface area contributed by atoms with Gasteiger partial charge in [0.2, 0.25) is 0 Å². The van der Waals surface area contributed by atoms with Gasteiger partial charge < -0.3 is 15.9 Å². The highest BCUT2D eigenvalue weighted by Gasteiger charge is 2.41. The molecule has 0 aromatic carbocycles. The molecule has 104 valence electrons. The summed E-state index contributed by atoms with van der Waals surface area (Å²) in [5.74, 6) is -0.278. The summed E-state index contributed by atoms with van der Waals surface area (Å²) in [7, 11) is 0. The van der Waals surface area contributed by atoms with Crippen molar-refractivity contribution in [1.82, 2.24) is 4.90 Å². The summed E-state index contributed by atoms with van der Waals surface area (Å²) in [4.78, 5) is 13.0.